The van der Waals surface area contributed by atoms with Crippen molar-refractivity contribution < 1.29 is 9.53 Å². The zero-order valence-electron chi connectivity index (χ0n) is 9.71. The Kier molecular flexibility index (Phi) is 8.64. The molecular weight excluding hydrogens is 178 g/mol. The number of hydrogen-bond donors (Lipinski definition) is 0. The van der Waals surface area contributed by atoms with Crippen molar-refractivity contribution in [3.8, 4) is 0 Å². The third-order valence-electron chi connectivity index (χ3n) is 2.10. The Morgan fingerprint density at radius 2 is 1.86 bits per heavy atom. The highest BCUT2D eigenvalue weighted by Crippen LogP contribution is 1.99. The second kappa shape index (κ2) is 9.00. The lowest BCUT2D eigenvalue weighted by atomic mass is 10.2. The first kappa shape index (κ1) is 13.4. The van der Waals surface area contributed by atoms with Crippen LogP contribution in [0, 0.1) is 0 Å². The lowest BCUT2D eigenvalue weighted by molar-refractivity contribution is -0.129. The van der Waals surface area contributed by atoms with Crippen LogP contribution in [0.1, 0.15) is 39.0 Å². The van der Waals surface area contributed by atoms with Gasteiger partial charge < -0.3 is 9.64 Å². The van der Waals surface area contributed by atoms with E-state index in [0.29, 0.717) is 13.0 Å². The molecule has 0 saturated carbocycles. The number of carbonyl (C=O) groups excluding carboxylic acids is 1. The van der Waals surface area contributed by atoms with Crippen molar-refractivity contribution in [3.63, 3.8) is 0 Å². The molecule has 0 aliphatic rings. The summed E-state index contributed by atoms with van der Waals surface area (Å²) in [5.74, 6) is 0.138. The summed E-state index contributed by atoms with van der Waals surface area (Å²) in [6.45, 7) is 3.54. The summed E-state index contributed by atoms with van der Waals surface area (Å²) < 4.78 is 5.35. The zero-order valence-corrected chi connectivity index (χ0v) is 9.71. The molecule has 0 atom stereocenters. The highest BCUT2D eigenvalue weighted by molar-refractivity contribution is 5.75. The molecule has 0 saturated heterocycles. The van der Waals surface area contributed by atoms with E-state index in [1.165, 1.54) is 19.3 Å². The molecule has 0 aromatic heterocycles. The predicted octanol–water partition coefficient (Wildman–Crippen LogP) is 2.06. The van der Waals surface area contributed by atoms with Crippen LogP contribution in [0.4, 0.5) is 0 Å². The minimum absolute atomic E-state index is 0.138. The number of rotatable bonds is 8. The van der Waals surface area contributed by atoms with Gasteiger partial charge in [0.2, 0.25) is 5.91 Å². The summed E-state index contributed by atoms with van der Waals surface area (Å²) in [4.78, 5) is 12.7. The standard InChI is InChI=1S/C11H23NO2/c1-4-5-6-7-9-14-10-8-11(13)12(2)3/h4-10H2,1-3H3. The molecule has 0 aliphatic carbocycles. The number of hydrogen-bond acceptors (Lipinski definition) is 2. The van der Waals surface area contributed by atoms with Crippen LogP contribution >= 0.6 is 0 Å². The lowest BCUT2D eigenvalue weighted by Crippen LogP contribution is -2.22. The van der Waals surface area contributed by atoms with Gasteiger partial charge in [0.15, 0.2) is 0 Å². The molecule has 0 unspecified atom stereocenters. The largest absolute Gasteiger partial charge is 0.381 e. The highest BCUT2D eigenvalue weighted by Gasteiger charge is 2.02. The maximum Gasteiger partial charge on any atom is 0.224 e. The summed E-state index contributed by atoms with van der Waals surface area (Å²) >= 11 is 0. The maximum atomic E-state index is 11.1. The van der Waals surface area contributed by atoms with Crippen LogP contribution in [0.3, 0.4) is 0 Å². The van der Waals surface area contributed by atoms with Crippen molar-refractivity contribution in [2.45, 2.75) is 39.0 Å². The van der Waals surface area contributed by atoms with Crippen LogP contribution in [0.15, 0.2) is 0 Å². The first-order valence-electron chi connectivity index (χ1n) is 5.46. The first-order chi connectivity index (χ1) is 6.68. The molecule has 14 heavy (non-hydrogen) atoms. The molecule has 84 valence electrons. The van der Waals surface area contributed by atoms with Gasteiger partial charge in [-0.3, -0.25) is 4.79 Å². The van der Waals surface area contributed by atoms with Crippen LogP contribution in [0.5, 0.6) is 0 Å². The van der Waals surface area contributed by atoms with Gasteiger partial charge in [-0.2, -0.15) is 0 Å². The smallest absolute Gasteiger partial charge is 0.224 e. The molecule has 3 nitrogen and oxygen atoms in total. The fourth-order valence-corrected chi connectivity index (χ4v) is 1.12. The van der Waals surface area contributed by atoms with Crippen LogP contribution in [-0.4, -0.2) is 38.1 Å². The van der Waals surface area contributed by atoms with E-state index in [1.54, 1.807) is 19.0 Å². The third-order valence-corrected chi connectivity index (χ3v) is 2.10. The number of amides is 1. The van der Waals surface area contributed by atoms with Gasteiger partial charge in [-0.1, -0.05) is 26.2 Å². The van der Waals surface area contributed by atoms with Gasteiger partial charge >= 0.3 is 0 Å². The maximum absolute atomic E-state index is 11.1. The van der Waals surface area contributed by atoms with Crippen molar-refractivity contribution in [1.29, 1.82) is 0 Å². The average Bonchev–Trinajstić information content (AvgIpc) is 2.16. The number of nitrogens with zero attached hydrogens (tertiary/aromatic N) is 1. The Balaban J connectivity index is 3.10. The van der Waals surface area contributed by atoms with E-state index in [2.05, 4.69) is 6.92 Å². The molecule has 0 aromatic carbocycles. The van der Waals surface area contributed by atoms with Crippen LogP contribution in [0.2, 0.25) is 0 Å². The molecule has 0 rings (SSSR count). The fraction of sp³-hybridized carbons (Fsp3) is 0.909. The van der Waals surface area contributed by atoms with Crippen molar-refractivity contribution in [2.24, 2.45) is 0 Å². The summed E-state index contributed by atoms with van der Waals surface area (Å²) in [6, 6.07) is 0. The van der Waals surface area contributed by atoms with E-state index < -0.39 is 0 Å². The molecular formula is C11H23NO2. The van der Waals surface area contributed by atoms with E-state index in [0.717, 1.165) is 13.0 Å². The SMILES string of the molecule is CCCCCCOCCC(=O)N(C)C. The Hall–Kier alpha value is -0.570. The Morgan fingerprint density at radius 1 is 1.14 bits per heavy atom. The average molecular weight is 201 g/mol. The second-order valence-electron chi connectivity index (χ2n) is 3.71. The van der Waals surface area contributed by atoms with Crippen molar-refractivity contribution in [3.05, 3.63) is 0 Å². The minimum atomic E-state index is 0.138. The first-order valence-corrected chi connectivity index (χ1v) is 5.46. The van der Waals surface area contributed by atoms with Gasteiger partial charge in [0.25, 0.3) is 0 Å². The summed E-state index contributed by atoms with van der Waals surface area (Å²) in [5, 5.41) is 0. The molecule has 0 radical (unpaired) electrons. The molecule has 0 aliphatic heterocycles. The molecule has 0 bridgehead atoms. The third kappa shape index (κ3) is 8.05. The van der Waals surface area contributed by atoms with Crippen molar-refractivity contribution >= 4 is 5.91 Å². The minimum Gasteiger partial charge on any atom is -0.381 e. The molecule has 1 amide bonds. The molecule has 0 heterocycles. The molecule has 0 spiro atoms. The highest BCUT2D eigenvalue weighted by atomic mass is 16.5. The van der Waals surface area contributed by atoms with Crippen LogP contribution in [0.25, 0.3) is 0 Å². The van der Waals surface area contributed by atoms with E-state index in [4.69, 9.17) is 4.74 Å². The van der Waals surface area contributed by atoms with E-state index in [1.807, 2.05) is 0 Å². The predicted molar refractivity (Wildman–Crippen MR) is 58.3 cm³/mol. The Morgan fingerprint density at radius 3 is 2.43 bits per heavy atom. The quantitative estimate of drug-likeness (QED) is 0.563. The molecule has 0 fully saturated rings. The number of carbonyl (C=O) groups is 1. The fourth-order valence-electron chi connectivity index (χ4n) is 1.12. The summed E-state index contributed by atoms with van der Waals surface area (Å²) in [7, 11) is 3.53. The van der Waals surface area contributed by atoms with Gasteiger partial charge in [0, 0.05) is 20.7 Å². The van der Waals surface area contributed by atoms with E-state index in [-0.39, 0.29) is 5.91 Å². The van der Waals surface area contributed by atoms with Crippen molar-refractivity contribution in [1.82, 2.24) is 4.90 Å². The Bertz CT molecular complexity index is 146. The lowest BCUT2D eigenvalue weighted by Gasteiger charge is -2.09. The Labute approximate surface area is 87.4 Å². The van der Waals surface area contributed by atoms with Crippen LogP contribution < -0.4 is 0 Å². The van der Waals surface area contributed by atoms with Gasteiger partial charge in [0.05, 0.1) is 13.0 Å². The topological polar surface area (TPSA) is 29.5 Å². The zero-order chi connectivity index (χ0) is 10.8. The van der Waals surface area contributed by atoms with Crippen molar-refractivity contribution in [2.75, 3.05) is 27.3 Å². The van der Waals surface area contributed by atoms with Crippen LogP contribution in [-0.2, 0) is 9.53 Å². The van der Waals surface area contributed by atoms with Gasteiger partial charge in [-0.25, -0.2) is 0 Å². The molecule has 0 N–H and O–H groups in total. The summed E-state index contributed by atoms with van der Waals surface area (Å²) in [6.07, 6.45) is 5.38. The summed E-state index contributed by atoms with van der Waals surface area (Å²) in [5.41, 5.74) is 0. The van der Waals surface area contributed by atoms with Gasteiger partial charge in [0.1, 0.15) is 0 Å². The van der Waals surface area contributed by atoms with E-state index in [9.17, 15) is 4.79 Å². The monoisotopic (exact) mass is 201 g/mol. The second-order valence-corrected chi connectivity index (χ2v) is 3.71. The molecule has 3 heteroatoms. The number of ether oxygens (including phenoxy) is 1. The molecule has 0 aromatic rings. The van der Waals surface area contributed by atoms with Gasteiger partial charge in [-0.05, 0) is 6.42 Å². The van der Waals surface area contributed by atoms with E-state index >= 15 is 0 Å². The normalized spacial score (nSPS) is 10.2. The van der Waals surface area contributed by atoms with Gasteiger partial charge in [-0.15, -0.1) is 0 Å². The number of unbranched alkanes of at least 4 members (excludes halogenated alkanes) is 3.